The highest BCUT2D eigenvalue weighted by Crippen LogP contribution is 2.29. The standard InChI is InChI=1S/C17H16OSi/c18-19-17(14-8-2-1-3-9-14)16-12-6-10-13-7-4-5-11-15(13)16/h1-12,17-18H,19H2. The van der Waals surface area contributed by atoms with E-state index in [0.29, 0.717) is 0 Å². The van der Waals surface area contributed by atoms with E-state index in [4.69, 9.17) is 0 Å². The van der Waals surface area contributed by atoms with Crippen molar-refractivity contribution < 1.29 is 4.80 Å². The van der Waals surface area contributed by atoms with Crippen molar-refractivity contribution in [1.29, 1.82) is 0 Å². The molecule has 3 aromatic rings. The lowest BCUT2D eigenvalue weighted by molar-refractivity contribution is 0.592. The fourth-order valence-electron chi connectivity index (χ4n) is 2.62. The van der Waals surface area contributed by atoms with Crippen molar-refractivity contribution in [3.05, 3.63) is 83.9 Å². The monoisotopic (exact) mass is 264 g/mol. The largest absolute Gasteiger partial charge is 0.437 e. The molecule has 19 heavy (non-hydrogen) atoms. The minimum absolute atomic E-state index is 0.173. The van der Waals surface area contributed by atoms with E-state index in [1.807, 2.05) is 18.2 Å². The van der Waals surface area contributed by atoms with E-state index in [9.17, 15) is 4.80 Å². The van der Waals surface area contributed by atoms with E-state index in [1.54, 1.807) is 0 Å². The lowest BCUT2D eigenvalue weighted by Crippen LogP contribution is -2.09. The van der Waals surface area contributed by atoms with Crippen LogP contribution in [0, 0.1) is 0 Å². The van der Waals surface area contributed by atoms with Crippen LogP contribution in [-0.4, -0.2) is 14.6 Å². The molecular formula is C17H16OSi. The first-order chi connectivity index (χ1) is 9.40. The third kappa shape index (κ3) is 2.32. The molecule has 2 heteroatoms. The molecule has 0 bridgehead atoms. The Bertz CT molecular complexity index is 674. The summed E-state index contributed by atoms with van der Waals surface area (Å²) in [4.78, 5) is 9.93. The van der Waals surface area contributed by atoms with Crippen LogP contribution in [0.2, 0.25) is 0 Å². The average molecular weight is 264 g/mol. The summed E-state index contributed by atoms with van der Waals surface area (Å²) in [6, 6.07) is 25.0. The van der Waals surface area contributed by atoms with E-state index >= 15 is 0 Å². The number of rotatable bonds is 3. The Hall–Kier alpha value is -1.90. The summed E-state index contributed by atoms with van der Waals surface area (Å²) in [5.74, 6) is 0. The molecule has 0 aliphatic heterocycles. The zero-order valence-electron chi connectivity index (χ0n) is 10.7. The first-order valence-corrected chi connectivity index (χ1v) is 7.98. The summed E-state index contributed by atoms with van der Waals surface area (Å²) in [5, 5.41) is 2.49. The van der Waals surface area contributed by atoms with Gasteiger partial charge in [0.1, 0.15) is 0 Å². The summed E-state index contributed by atoms with van der Waals surface area (Å²) in [6.45, 7) is 0. The Labute approximate surface area is 115 Å². The average Bonchev–Trinajstić information content (AvgIpc) is 2.49. The van der Waals surface area contributed by atoms with Gasteiger partial charge in [-0.05, 0) is 21.9 Å². The van der Waals surface area contributed by atoms with Crippen molar-refractivity contribution in [3.63, 3.8) is 0 Å². The fourth-order valence-corrected chi connectivity index (χ4v) is 3.66. The van der Waals surface area contributed by atoms with Gasteiger partial charge in [0.15, 0.2) is 9.76 Å². The van der Waals surface area contributed by atoms with Gasteiger partial charge in [-0.3, -0.25) is 0 Å². The predicted octanol–water partition coefficient (Wildman–Crippen LogP) is 3.01. The van der Waals surface area contributed by atoms with Gasteiger partial charge in [-0.25, -0.2) is 0 Å². The van der Waals surface area contributed by atoms with Gasteiger partial charge in [0.05, 0.1) is 0 Å². The SMILES string of the molecule is O[SiH2]C(c1ccccc1)c1cccc2ccccc12. The lowest BCUT2D eigenvalue weighted by atomic mass is 9.98. The van der Waals surface area contributed by atoms with Gasteiger partial charge >= 0.3 is 0 Å². The molecule has 0 heterocycles. The normalized spacial score (nSPS) is 13.1. The highest BCUT2D eigenvalue weighted by atomic mass is 28.2. The first kappa shape index (κ1) is 12.1. The molecule has 3 aromatic carbocycles. The van der Waals surface area contributed by atoms with E-state index in [0.717, 1.165) is 0 Å². The van der Waals surface area contributed by atoms with Crippen LogP contribution in [0.4, 0.5) is 0 Å². The Balaban J connectivity index is 2.17. The number of hydrogen-bond acceptors (Lipinski definition) is 1. The zero-order valence-corrected chi connectivity index (χ0v) is 12.1. The molecule has 1 unspecified atom stereocenters. The Morgan fingerprint density at radius 1 is 0.737 bits per heavy atom. The van der Waals surface area contributed by atoms with Crippen molar-refractivity contribution in [1.82, 2.24) is 0 Å². The third-order valence-electron chi connectivity index (χ3n) is 3.58. The molecule has 1 N–H and O–H groups in total. The summed E-state index contributed by atoms with van der Waals surface area (Å²) in [5.41, 5.74) is 2.64. The molecule has 3 rings (SSSR count). The molecular weight excluding hydrogens is 248 g/mol. The minimum Gasteiger partial charge on any atom is -0.437 e. The molecule has 0 amide bonds. The van der Waals surface area contributed by atoms with Gasteiger partial charge < -0.3 is 4.80 Å². The minimum atomic E-state index is -1.16. The molecule has 0 aliphatic rings. The maximum Gasteiger partial charge on any atom is 0.168 e. The van der Waals surface area contributed by atoms with Crippen LogP contribution in [-0.2, 0) is 0 Å². The van der Waals surface area contributed by atoms with Crippen LogP contribution >= 0.6 is 0 Å². The second kappa shape index (κ2) is 5.39. The van der Waals surface area contributed by atoms with Gasteiger partial charge in [-0.1, -0.05) is 72.8 Å². The maximum atomic E-state index is 9.93. The van der Waals surface area contributed by atoms with E-state index in [1.165, 1.54) is 21.9 Å². The Morgan fingerprint density at radius 3 is 2.21 bits per heavy atom. The first-order valence-electron chi connectivity index (χ1n) is 6.53. The third-order valence-corrected chi connectivity index (χ3v) is 4.86. The summed E-state index contributed by atoms with van der Waals surface area (Å²) >= 11 is 0. The van der Waals surface area contributed by atoms with Crippen molar-refractivity contribution in [2.75, 3.05) is 0 Å². The molecule has 0 aliphatic carbocycles. The summed E-state index contributed by atoms with van der Waals surface area (Å²) in [6.07, 6.45) is 0. The van der Waals surface area contributed by atoms with Crippen molar-refractivity contribution >= 4 is 20.5 Å². The topological polar surface area (TPSA) is 20.2 Å². The molecule has 0 saturated carbocycles. The van der Waals surface area contributed by atoms with E-state index in [2.05, 4.69) is 54.6 Å². The molecule has 0 aromatic heterocycles. The highest BCUT2D eigenvalue weighted by Gasteiger charge is 2.15. The van der Waals surface area contributed by atoms with Gasteiger partial charge in [0.2, 0.25) is 0 Å². The van der Waals surface area contributed by atoms with Crippen LogP contribution in [0.1, 0.15) is 16.7 Å². The van der Waals surface area contributed by atoms with Gasteiger partial charge in [0.25, 0.3) is 0 Å². The maximum absolute atomic E-state index is 9.93. The second-order valence-corrected chi connectivity index (χ2v) is 5.90. The van der Waals surface area contributed by atoms with Gasteiger partial charge in [0, 0.05) is 5.54 Å². The van der Waals surface area contributed by atoms with Crippen LogP contribution in [0.5, 0.6) is 0 Å². The molecule has 0 radical (unpaired) electrons. The van der Waals surface area contributed by atoms with E-state index < -0.39 is 9.76 Å². The predicted molar refractivity (Wildman–Crippen MR) is 83.0 cm³/mol. The Morgan fingerprint density at radius 2 is 1.42 bits per heavy atom. The molecule has 0 saturated heterocycles. The van der Waals surface area contributed by atoms with Gasteiger partial charge in [-0.15, -0.1) is 0 Å². The smallest absolute Gasteiger partial charge is 0.168 e. The summed E-state index contributed by atoms with van der Waals surface area (Å²) < 4.78 is 0. The Kier molecular flexibility index (Phi) is 3.44. The highest BCUT2D eigenvalue weighted by molar-refractivity contribution is 6.30. The van der Waals surface area contributed by atoms with Crippen LogP contribution in [0.25, 0.3) is 10.8 Å². The van der Waals surface area contributed by atoms with Gasteiger partial charge in [-0.2, -0.15) is 0 Å². The number of fused-ring (bicyclic) bond motifs is 1. The van der Waals surface area contributed by atoms with Crippen molar-refractivity contribution in [2.24, 2.45) is 0 Å². The van der Waals surface area contributed by atoms with Crippen LogP contribution in [0.3, 0.4) is 0 Å². The molecule has 94 valence electrons. The summed E-state index contributed by atoms with van der Waals surface area (Å²) in [7, 11) is -1.16. The molecule has 0 spiro atoms. The number of benzene rings is 3. The van der Waals surface area contributed by atoms with E-state index in [-0.39, 0.29) is 5.54 Å². The zero-order chi connectivity index (χ0) is 13.1. The molecule has 1 nitrogen and oxygen atoms in total. The quantitative estimate of drug-likeness (QED) is 0.721. The van der Waals surface area contributed by atoms with Crippen LogP contribution < -0.4 is 0 Å². The second-order valence-electron chi connectivity index (χ2n) is 4.71. The fraction of sp³-hybridized carbons (Fsp3) is 0.0588. The number of hydrogen-bond donors (Lipinski definition) is 1. The molecule has 0 fully saturated rings. The van der Waals surface area contributed by atoms with Crippen molar-refractivity contribution in [2.45, 2.75) is 5.54 Å². The molecule has 1 atom stereocenters. The van der Waals surface area contributed by atoms with Crippen molar-refractivity contribution in [3.8, 4) is 0 Å². The van der Waals surface area contributed by atoms with Crippen LogP contribution in [0.15, 0.2) is 72.8 Å². The lowest BCUT2D eigenvalue weighted by Gasteiger charge is -2.17.